The zero-order chi connectivity index (χ0) is 48.6. The Morgan fingerprint density at radius 1 is 0.771 bits per heavy atom. The molecule has 2 fully saturated rings. The minimum absolute atomic E-state index is 0.00272. The molecule has 2 amide bonds. The number of phenols is 2. The van der Waals surface area contributed by atoms with E-state index >= 15 is 0 Å². The fourth-order valence-electron chi connectivity index (χ4n) is 9.25. The fourth-order valence-corrected chi connectivity index (χ4v) is 9.25. The van der Waals surface area contributed by atoms with E-state index in [9.17, 15) is 34.5 Å². The Balaban J connectivity index is 0.727. The lowest BCUT2D eigenvalue weighted by atomic mass is 9.86. The monoisotopic (exact) mass is 941 g/mol. The molecule has 358 valence electrons. The first kappa shape index (κ1) is 47.4. The lowest BCUT2D eigenvalue weighted by Crippen LogP contribution is -2.53. The number of H-pyrrole nitrogens is 1. The van der Waals surface area contributed by atoms with Crippen molar-refractivity contribution < 1.29 is 34.4 Å². The molecule has 0 radical (unpaired) electrons. The Morgan fingerprint density at radius 2 is 1.51 bits per heavy atom. The highest BCUT2D eigenvalue weighted by Gasteiger charge is 2.32. The van der Waals surface area contributed by atoms with Crippen LogP contribution in [-0.4, -0.2) is 91.3 Å². The number of amides is 2. The summed E-state index contributed by atoms with van der Waals surface area (Å²) in [5.74, 6) is -0.702. The van der Waals surface area contributed by atoms with Gasteiger partial charge in [0, 0.05) is 59.9 Å². The second-order valence-corrected chi connectivity index (χ2v) is 18.2. The van der Waals surface area contributed by atoms with Gasteiger partial charge in [0.05, 0.1) is 42.7 Å². The third-order valence-electron chi connectivity index (χ3n) is 13.2. The highest BCUT2D eigenvalue weighted by atomic mass is 16.5. The second-order valence-electron chi connectivity index (χ2n) is 18.2. The zero-order valence-electron chi connectivity index (χ0n) is 38.5. The highest BCUT2D eigenvalue weighted by molar-refractivity contribution is 5.95. The van der Waals surface area contributed by atoms with Gasteiger partial charge in [0.1, 0.15) is 17.2 Å². The average molecular weight is 942 g/mol. The Kier molecular flexibility index (Phi) is 14.7. The van der Waals surface area contributed by atoms with Gasteiger partial charge in [-0.15, -0.1) is 0 Å². The van der Waals surface area contributed by atoms with Crippen molar-refractivity contribution in [3.05, 3.63) is 178 Å². The van der Waals surface area contributed by atoms with Crippen LogP contribution < -0.4 is 21.5 Å². The van der Waals surface area contributed by atoms with E-state index in [1.54, 1.807) is 42.6 Å². The van der Waals surface area contributed by atoms with E-state index in [2.05, 4.69) is 60.1 Å². The maximum absolute atomic E-state index is 13.4. The molecule has 2 aliphatic rings. The van der Waals surface area contributed by atoms with Crippen LogP contribution in [0, 0.1) is 5.92 Å². The smallest absolute Gasteiger partial charge is 0.310 e. The van der Waals surface area contributed by atoms with E-state index in [0.29, 0.717) is 76.4 Å². The van der Waals surface area contributed by atoms with Gasteiger partial charge in [-0.2, -0.15) is 0 Å². The number of aromatic nitrogens is 3. The number of hydrogen-bond acceptors (Lipinski definition) is 12. The molecule has 7 N–H and O–H groups in total. The molecule has 1 aliphatic heterocycles. The third kappa shape index (κ3) is 11.6. The molecule has 15 heteroatoms. The number of aliphatic hydroxyl groups excluding tert-OH is 1. The molecule has 0 bridgehead atoms. The van der Waals surface area contributed by atoms with E-state index in [1.165, 1.54) is 23.9 Å². The van der Waals surface area contributed by atoms with E-state index in [0.717, 1.165) is 38.0 Å². The molecule has 3 heterocycles. The SMILES string of the molecule is O=C(Cc1cccc(O)c1-c1cccc(-c2cncc(C(=O)NC3CC(NC(=O)c4ccc(CNC[C@H](O)c5ccc(O)c6[nH]c(=O)ccc56)cc4)C3)n2)c1)OCC1CCN(Cc2ccccc2)CC1. The van der Waals surface area contributed by atoms with Gasteiger partial charge in [-0.1, -0.05) is 78.9 Å². The number of nitrogens with one attached hydrogen (secondary N) is 4. The summed E-state index contributed by atoms with van der Waals surface area (Å²) in [6, 6.07) is 35.8. The average Bonchev–Trinajstić information content (AvgIpc) is 3.36. The number of fused-ring (bicyclic) bond motifs is 1. The number of benzene rings is 5. The van der Waals surface area contributed by atoms with Crippen molar-refractivity contribution in [2.45, 2.75) is 63.4 Å². The van der Waals surface area contributed by atoms with Gasteiger partial charge < -0.3 is 41.0 Å². The van der Waals surface area contributed by atoms with Gasteiger partial charge in [0.2, 0.25) is 5.56 Å². The molecule has 1 atom stereocenters. The maximum Gasteiger partial charge on any atom is 0.310 e. The molecule has 1 aliphatic carbocycles. The Labute approximate surface area is 404 Å². The van der Waals surface area contributed by atoms with Gasteiger partial charge in [-0.05, 0) is 109 Å². The number of aromatic hydroxyl groups is 2. The number of carbonyl (C=O) groups is 3. The van der Waals surface area contributed by atoms with Crippen molar-refractivity contribution in [3.63, 3.8) is 0 Å². The molecular formula is C55H55N7O8. The number of pyridine rings is 1. The molecular weight excluding hydrogens is 887 g/mol. The van der Waals surface area contributed by atoms with E-state index in [4.69, 9.17) is 4.74 Å². The number of aromatic amines is 1. The molecule has 1 saturated carbocycles. The summed E-state index contributed by atoms with van der Waals surface area (Å²) in [7, 11) is 0. The van der Waals surface area contributed by atoms with Gasteiger partial charge >= 0.3 is 5.97 Å². The summed E-state index contributed by atoms with van der Waals surface area (Å²) in [4.78, 5) is 65.4. The number of rotatable bonds is 17. The molecule has 0 spiro atoms. The van der Waals surface area contributed by atoms with Crippen molar-refractivity contribution in [1.82, 2.24) is 35.8 Å². The van der Waals surface area contributed by atoms with Crippen LogP contribution >= 0.6 is 0 Å². The van der Waals surface area contributed by atoms with Crippen LogP contribution in [-0.2, 0) is 29.0 Å². The molecule has 0 unspecified atom stereocenters. The maximum atomic E-state index is 13.4. The number of nitrogens with zero attached hydrogens (tertiary/aromatic N) is 3. The van der Waals surface area contributed by atoms with E-state index < -0.39 is 6.10 Å². The van der Waals surface area contributed by atoms with Crippen molar-refractivity contribution in [2.24, 2.45) is 5.92 Å². The number of carbonyl (C=O) groups excluding carboxylic acids is 3. The number of piperidine rings is 1. The van der Waals surface area contributed by atoms with Crippen molar-refractivity contribution in [2.75, 3.05) is 26.2 Å². The number of ether oxygens (including phenoxy) is 1. The summed E-state index contributed by atoms with van der Waals surface area (Å²) in [6.45, 7) is 3.84. The van der Waals surface area contributed by atoms with Crippen LogP contribution in [0.1, 0.15) is 74.9 Å². The molecule has 5 aromatic carbocycles. The largest absolute Gasteiger partial charge is 0.507 e. The van der Waals surface area contributed by atoms with E-state index in [-0.39, 0.29) is 71.1 Å². The predicted octanol–water partition coefficient (Wildman–Crippen LogP) is 6.58. The standard InChI is InChI=1S/C55H55N7O8/c63-47-11-5-10-40(25-51(67)70-33-36-20-22-62(23-21-36)32-35-6-2-1-3-7-35)52(47)39-9-4-8-38(24-39)45-29-57-30-46(60-45)55(69)59-42-26-41(27-42)58-54(68)37-14-12-34(13-15-37)28-56-31-49(65)43-16-18-48(64)53-44(43)17-19-50(66)61-53/h1-19,24,29-30,36,41-42,49,56,63-65H,20-23,25-28,31-33H2,(H,58,68)(H,59,69)(H,61,66)/t41?,42?,49-/m0/s1. The molecule has 2 aromatic heterocycles. The van der Waals surface area contributed by atoms with Crippen LogP contribution in [0.4, 0.5) is 0 Å². The molecule has 15 nitrogen and oxygen atoms in total. The second kappa shape index (κ2) is 21.7. The summed E-state index contributed by atoms with van der Waals surface area (Å²) in [5, 5.41) is 41.9. The van der Waals surface area contributed by atoms with E-state index in [1.807, 2.05) is 48.5 Å². The van der Waals surface area contributed by atoms with Crippen LogP contribution in [0.5, 0.6) is 11.5 Å². The number of hydrogen-bond donors (Lipinski definition) is 7. The molecule has 70 heavy (non-hydrogen) atoms. The van der Waals surface area contributed by atoms with Crippen molar-refractivity contribution in [3.8, 4) is 33.9 Å². The lowest BCUT2D eigenvalue weighted by Gasteiger charge is -2.36. The van der Waals surface area contributed by atoms with Crippen molar-refractivity contribution >= 4 is 28.7 Å². The molecule has 9 rings (SSSR count). The fraction of sp³-hybridized carbons (Fsp3) is 0.273. The van der Waals surface area contributed by atoms with Crippen molar-refractivity contribution in [1.29, 1.82) is 0 Å². The van der Waals surface area contributed by atoms with Crippen LogP contribution in [0.25, 0.3) is 33.3 Å². The molecule has 1 saturated heterocycles. The predicted molar refractivity (Wildman–Crippen MR) is 265 cm³/mol. The third-order valence-corrected chi connectivity index (χ3v) is 13.2. The Bertz CT molecular complexity index is 3040. The molecule has 7 aromatic rings. The zero-order valence-corrected chi connectivity index (χ0v) is 38.5. The van der Waals surface area contributed by atoms with Crippen LogP contribution in [0.3, 0.4) is 0 Å². The number of likely N-dealkylation sites (tertiary alicyclic amines) is 1. The minimum atomic E-state index is -0.898. The quantitative estimate of drug-likeness (QED) is 0.0482. The van der Waals surface area contributed by atoms with Crippen LogP contribution in [0.15, 0.2) is 139 Å². The normalized spacial score (nSPS) is 16.5. The van der Waals surface area contributed by atoms with Gasteiger partial charge in [0.15, 0.2) is 0 Å². The first-order chi connectivity index (χ1) is 34.0. The Morgan fingerprint density at radius 3 is 2.30 bits per heavy atom. The highest BCUT2D eigenvalue weighted by Crippen LogP contribution is 2.35. The van der Waals surface area contributed by atoms with Gasteiger partial charge in [-0.25, -0.2) is 4.98 Å². The van der Waals surface area contributed by atoms with Crippen LogP contribution in [0.2, 0.25) is 0 Å². The minimum Gasteiger partial charge on any atom is -0.507 e. The number of aliphatic hydroxyl groups is 1. The summed E-state index contributed by atoms with van der Waals surface area (Å²) >= 11 is 0. The summed E-state index contributed by atoms with van der Waals surface area (Å²) in [5.41, 5.74) is 6.28. The summed E-state index contributed by atoms with van der Waals surface area (Å²) in [6.07, 6.45) is 5.10. The summed E-state index contributed by atoms with van der Waals surface area (Å²) < 4.78 is 5.79. The van der Waals surface area contributed by atoms with Gasteiger partial charge in [-0.3, -0.25) is 29.1 Å². The topological polar surface area (TPSA) is 219 Å². The first-order valence-electron chi connectivity index (χ1n) is 23.6. The number of phenolic OH excluding ortho intramolecular Hbond substituents is 2. The first-order valence-corrected chi connectivity index (χ1v) is 23.6. The lowest BCUT2D eigenvalue weighted by molar-refractivity contribution is -0.144. The number of esters is 1. The van der Waals surface area contributed by atoms with Gasteiger partial charge in [0.25, 0.3) is 11.8 Å². The Hall–Kier alpha value is -7.72.